The summed E-state index contributed by atoms with van der Waals surface area (Å²) < 4.78 is 2.27. The average molecular weight is 371 g/mol. The zero-order valence-electron chi connectivity index (χ0n) is 15.4. The number of carbonyl (C=O) groups is 1. The summed E-state index contributed by atoms with van der Waals surface area (Å²) in [6.07, 6.45) is 7.03. The molecule has 2 fully saturated rings. The number of carbonyl (C=O) groups excluding carboxylic acids is 1. The van der Waals surface area contributed by atoms with Crippen molar-refractivity contribution >= 4 is 23.5 Å². The Morgan fingerprint density at radius 2 is 1.88 bits per heavy atom. The van der Waals surface area contributed by atoms with Gasteiger partial charge in [-0.1, -0.05) is 49.4 Å². The van der Waals surface area contributed by atoms with Crippen molar-refractivity contribution in [2.75, 3.05) is 23.7 Å². The van der Waals surface area contributed by atoms with Crippen molar-refractivity contribution in [3.63, 3.8) is 0 Å². The Hall–Kier alpha value is -1.82. The van der Waals surface area contributed by atoms with E-state index in [0.29, 0.717) is 11.8 Å². The van der Waals surface area contributed by atoms with E-state index in [0.717, 1.165) is 42.6 Å². The highest BCUT2D eigenvalue weighted by molar-refractivity contribution is 7.99. The molecule has 0 bridgehead atoms. The van der Waals surface area contributed by atoms with Gasteiger partial charge < -0.3 is 4.90 Å². The van der Waals surface area contributed by atoms with Gasteiger partial charge in [-0.3, -0.25) is 9.36 Å². The maximum atomic E-state index is 12.6. The van der Waals surface area contributed by atoms with Gasteiger partial charge in [0.2, 0.25) is 5.95 Å². The topological polar surface area (TPSA) is 51.0 Å². The summed E-state index contributed by atoms with van der Waals surface area (Å²) in [5.41, 5.74) is 2.08. The number of aryl methyl sites for hydroxylation is 1. The molecule has 5 nitrogen and oxygen atoms in total. The van der Waals surface area contributed by atoms with Crippen LogP contribution in [0, 0.1) is 0 Å². The Kier molecular flexibility index (Phi) is 5.29. The second-order valence-corrected chi connectivity index (χ2v) is 8.18. The first-order valence-electron chi connectivity index (χ1n) is 9.71. The molecule has 0 amide bonds. The molecule has 0 radical (unpaired) electrons. The minimum absolute atomic E-state index is 0.158. The summed E-state index contributed by atoms with van der Waals surface area (Å²) in [6.45, 7) is 4.30. The lowest BCUT2D eigenvalue weighted by molar-refractivity contribution is 0.102. The van der Waals surface area contributed by atoms with Crippen LogP contribution in [0.4, 0.5) is 5.95 Å². The molecule has 6 heteroatoms. The monoisotopic (exact) mass is 370 g/mol. The van der Waals surface area contributed by atoms with E-state index < -0.39 is 0 Å². The predicted octanol–water partition coefficient (Wildman–Crippen LogP) is 4.14. The summed E-state index contributed by atoms with van der Waals surface area (Å²) in [5.74, 6) is 1.58. The third-order valence-electron chi connectivity index (χ3n) is 5.09. The highest BCUT2D eigenvalue weighted by Crippen LogP contribution is 2.41. The number of anilines is 1. The van der Waals surface area contributed by atoms with E-state index in [1.54, 1.807) is 0 Å². The van der Waals surface area contributed by atoms with Crippen LogP contribution in [0.5, 0.6) is 0 Å². The maximum absolute atomic E-state index is 12.6. The number of benzene rings is 1. The van der Waals surface area contributed by atoms with Crippen LogP contribution >= 0.6 is 11.8 Å². The molecule has 0 spiro atoms. The number of ketones is 1. The van der Waals surface area contributed by atoms with Gasteiger partial charge in [0.15, 0.2) is 10.9 Å². The van der Waals surface area contributed by atoms with Crippen molar-refractivity contribution in [2.24, 2.45) is 0 Å². The molecule has 1 aromatic heterocycles. The molecule has 1 aliphatic heterocycles. The molecule has 0 atom stereocenters. The molecule has 1 saturated heterocycles. The van der Waals surface area contributed by atoms with Crippen LogP contribution in [0.2, 0.25) is 0 Å². The van der Waals surface area contributed by atoms with Crippen LogP contribution in [0.25, 0.3) is 0 Å². The standard InChI is InChI=1S/C20H26N4OS/c1-2-5-15-6-8-16(9-7-15)18(25)14-26-20-22-21-19(23-12-3-4-13-23)24(20)17-10-11-17/h6-9,17H,2-5,10-14H2,1H3. The molecule has 0 unspecified atom stereocenters. The van der Waals surface area contributed by atoms with Crippen LogP contribution < -0.4 is 4.90 Å². The van der Waals surface area contributed by atoms with Gasteiger partial charge in [-0.2, -0.15) is 0 Å². The summed E-state index contributed by atoms with van der Waals surface area (Å²) in [7, 11) is 0. The second-order valence-electron chi connectivity index (χ2n) is 7.24. The van der Waals surface area contributed by atoms with E-state index in [4.69, 9.17) is 0 Å². The summed E-state index contributed by atoms with van der Waals surface area (Å²) >= 11 is 1.53. The van der Waals surface area contributed by atoms with Gasteiger partial charge in [0.1, 0.15) is 0 Å². The molecule has 4 rings (SSSR count). The normalized spacial score (nSPS) is 17.0. The zero-order chi connectivity index (χ0) is 17.9. The first-order valence-corrected chi connectivity index (χ1v) is 10.7. The maximum Gasteiger partial charge on any atom is 0.228 e. The van der Waals surface area contributed by atoms with Gasteiger partial charge in [-0.15, -0.1) is 10.2 Å². The largest absolute Gasteiger partial charge is 0.341 e. The van der Waals surface area contributed by atoms with Crippen molar-refractivity contribution in [3.8, 4) is 0 Å². The molecule has 0 N–H and O–H groups in total. The Labute approximate surface area is 159 Å². The molecule has 138 valence electrons. The van der Waals surface area contributed by atoms with Crippen molar-refractivity contribution in [1.29, 1.82) is 0 Å². The van der Waals surface area contributed by atoms with E-state index in [1.807, 2.05) is 12.1 Å². The summed E-state index contributed by atoms with van der Waals surface area (Å²) in [6, 6.07) is 8.57. The molecule has 1 aromatic carbocycles. The smallest absolute Gasteiger partial charge is 0.228 e. The molecule has 1 saturated carbocycles. The second kappa shape index (κ2) is 7.82. The first-order chi connectivity index (χ1) is 12.8. The molecular weight excluding hydrogens is 344 g/mol. The van der Waals surface area contributed by atoms with Gasteiger partial charge in [0, 0.05) is 24.7 Å². The predicted molar refractivity (Wildman–Crippen MR) is 105 cm³/mol. The van der Waals surface area contributed by atoms with E-state index >= 15 is 0 Å². The van der Waals surface area contributed by atoms with E-state index in [2.05, 4.69) is 38.7 Å². The van der Waals surface area contributed by atoms with Gasteiger partial charge >= 0.3 is 0 Å². The summed E-state index contributed by atoms with van der Waals surface area (Å²) in [5, 5.41) is 9.75. The number of Topliss-reactive ketones (excluding diaryl/α,β-unsaturated/α-hetero) is 1. The SMILES string of the molecule is CCCc1ccc(C(=O)CSc2nnc(N3CCCC3)n2C2CC2)cc1. The fourth-order valence-corrected chi connectivity index (χ4v) is 4.41. The van der Waals surface area contributed by atoms with Crippen LogP contribution in [-0.2, 0) is 6.42 Å². The minimum atomic E-state index is 0.158. The molecule has 2 aliphatic rings. The van der Waals surface area contributed by atoms with Crippen molar-refractivity contribution in [2.45, 2.75) is 56.6 Å². The van der Waals surface area contributed by atoms with Crippen LogP contribution in [0.3, 0.4) is 0 Å². The van der Waals surface area contributed by atoms with Gasteiger partial charge in [-0.05, 0) is 37.7 Å². The Morgan fingerprint density at radius 1 is 1.15 bits per heavy atom. The lowest BCUT2D eigenvalue weighted by atomic mass is 10.1. The highest BCUT2D eigenvalue weighted by Gasteiger charge is 2.32. The van der Waals surface area contributed by atoms with Crippen molar-refractivity contribution in [3.05, 3.63) is 35.4 Å². The van der Waals surface area contributed by atoms with Crippen LogP contribution in [0.15, 0.2) is 29.4 Å². The third kappa shape index (κ3) is 3.80. The molecule has 2 aromatic rings. The number of thioether (sulfide) groups is 1. The van der Waals surface area contributed by atoms with Crippen molar-refractivity contribution < 1.29 is 4.79 Å². The number of hydrogen-bond acceptors (Lipinski definition) is 5. The fourth-order valence-electron chi connectivity index (χ4n) is 3.51. The van der Waals surface area contributed by atoms with Gasteiger partial charge in [0.25, 0.3) is 0 Å². The Bertz CT molecular complexity index is 761. The molecule has 26 heavy (non-hydrogen) atoms. The number of aromatic nitrogens is 3. The summed E-state index contributed by atoms with van der Waals surface area (Å²) in [4.78, 5) is 14.9. The van der Waals surface area contributed by atoms with E-state index in [1.165, 1.54) is 43.0 Å². The van der Waals surface area contributed by atoms with E-state index in [9.17, 15) is 4.79 Å². The number of nitrogens with zero attached hydrogens (tertiary/aromatic N) is 4. The molecule has 1 aliphatic carbocycles. The van der Waals surface area contributed by atoms with Crippen LogP contribution in [-0.4, -0.2) is 39.4 Å². The fraction of sp³-hybridized carbons (Fsp3) is 0.550. The lowest BCUT2D eigenvalue weighted by Gasteiger charge is -2.17. The molecular formula is C20H26N4OS. The zero-order valence-corrected chi connectivity index (χ0v) is 16.2. The Balaban J connectivity index is 1.43. The lowest BCUT2D eigenvalue weighted by Crippen LogP contribution is -2.22. The Morgan fingerprint density at radius 3 is 2.54 bits per heavy atom. The van der Waals surface area contributed by atoms with Gasteiger partial charge in [0.05, 0.1) is 5.75 Å². The number of hydrogen-bond donors (Lipinski definition) is 0. The van der Waals surface area contributed by atoms with E-state index in [-0.39, 0.29) is 5.78 Å². The number of rotatable bonds is 8. The van der Waals surface area contributed by atoms with Crippen LogP contribution in [0.1, 0.15) is 61.0 Å². The molecule has 2 heterocycles. The van der Waals surface area contributed by atoms with Crippen molar-refractivity contribution in [1.82, 2.24) is 14.8 Å². The third-order valence-corrected chi connectivity index (χ3v) is 6.04. The van der Waals surface area contributed by atoms with Gasteiger partial charge in [-0.25, -0.2) is 0 Å². The highest BCUT2D eigenvalue weighted by atomic mass is 32.2. The minimum Gasteiger partial charge on any atom is -0.341 e. The average Bonchev–Trinajstić information content (AvgIpc) is 3.18. The first kappa shape index (κ1) is 17.6. The quantitative estimate of drug-likeness (QED) is 0.516.